The fourth-order valence-electron chi connectivity index (χ4n) is 1.86. The average Bonchev–Trinajstić information content (AvgIpc) is 2.22. The molecule has 0 bridgehead atoms. The van der Waals surface area contributed by atoms with E-state index in [1.165, 1.54) is 4.90 Å². The Morgan fingerprint density at radius 2 is 1.94 bits per heavy atom. The highest BCUT2D eigenvalue weighted by molar-refractivity contribution is 5.75. The first kappa shape index (κ1) is 14.1. The molecule has 0 spiro atoms. The first-order valence-electron chi connectivity index (χ1n) is 5.69. The third kappa shape index (κ3) is 4.80. The second kappa shape index (κ2) is 6.09. The minimum Gasteiger partial charge on any atom is -0.325 e. The third-order valence-corrected chi connectivity index (χ3v) is 2.62. The van der Waals surface area contributed by atoms with E-state index in [2.05, 4.69) is 5.32 Å². The second-order valence-corrected chi connectivity index (χ2v) is 4.12. The molecule has 1 fully saturated rings. The van der Waals surface area contributed by atoms with Gasteiger partial charge < -0.3 is 15.1 Å². The van der Waals surface area contributed by atoms with Crippen molar-refractivity contribution in [1.82, 2.24) is 15.1 Å². The molecule has 0 radical (unpaired) electrons. The Kier molecular flexibility index (Phi) is 5.04. The Hall–Kier alpha value is -0.980. The van der Waals surface area contributed by atoms with E-state index in [1.54, 1.807) is 7.05 Å². The fourth-order valence-corrected chi connectivity index (χ4v) is 1.86. The van der Waals surface area contributed by atoms with Gasteiger partial charge in [0.2, 0.25) is 0 Å². The topological polar surface area (TPSA) is 35.6 Å². The molecular formula is C10H18F3N3O. The monoisotopic (exact) mass is 253 g/mol. The van der Waals surface area contributed by atoms with Crippen molar-refractivity contribution < 1.29 is 18.0 Å². The maximum Gasteiger partial charge on any atom is 0.406 e. The molecule has 1 rings (SSSR count). The molecule has 1 heterocycles. The van der Waals surface area contributed by atoms with E-state index in [1.807, 2.05) is 0 Å². The molecule has 7 heteroatoms. The number of nitrogens with one attached hydrogen (secondary N) is 1. The molecule has 1 saturated heterocycles. The predicted molar refractivity (Wildman–Crippen MR) is 57.8 cm³/mol. The Balaban J connectivity index is 2.44. The summed E-state index contributed by atoms with van der Waals surface area (Å²) in [6.07, 6.45) is -2.97. The molecule has 0 aromatic rings. The van der Waals surface area contributed by atoms with E-state index in [-0.39, 0.29) is 6.54 Å². The van der Waals surface area contributed by atoms with Gasteiger partial charge in [0.25, 0.3) is 0 Å². The van der Waals surface area contributed by atoms with Crippen LogP contribution < -0.4 is 5.32 Å². The minimum atomic E-state index is -4.32. The van der Waals surface area contributed by atoms with Gasteiger partial charge in [-0.1, -0.05) is 0 Å². The van der Waals surface area contributed by atoms with Gasteiger partial charge >= 0.3 is 12.2 Å². The second-order valence-electron chi connectivity index (χ2n) is 4.12. The first-order chi connectivity index (χ1) is 7.94. The van der Waals surface area contributed by atoms with Gasteiger partial charge in [-0.05, 0) is 26.4 Å². The number of hydrogen-bond acceptors (Lipinski definition) is 2. The molecule has 2 amide bonds. The largest absolute Gasteiger partial charge is 0.406 e. The van der Waals surface area contributed by atoms with Crippen LogP contribution in [0.25, 0.3) is 0 Å². The third-order valence-electron chi connectivity index (χ3n) is 2.62. The lowest BCUT2D eigenvalue weighted by Crippen LogP contribution is -2.52. The van der Waals surface area contributed by atoms with E-state index >= 15 is 0 Å². The number of rotatable bonds is 5. The summed E-state index contributed by atoms with van der Waals surface area (Å²) in [5, 5.41) is 2.94. The van der Waals surface area contributed by atoms with Gasteiger partial charge in [-0.2, -0.15) is 13.2 Å². The molecule has 0 aliphatic carbocycles. The molecule has 0 saturated carbocycles. The van der Waals surface area contributed by atoms with Crippen molar-refractivity contribution in [3.05, 3.63) is 0 Å². The number of hydrogen-bond donors (Lipinski definition) is 1. The van der Waals surface area contributed by atoms with Crippen LogP contribution in [0.3, 0.4) is 0 Å². The van der Waals surface area contributed by atoms with Crippen molar-refractivity contribution in [1.29, 1.82) is 0 Å². The molecule has 0 unspecified atom stereocenters. The lowest BCUT2D eigenvalue weighted by atomic mass is 10.2. The molecule has 1 N–H and O–H groups in total. The molecule has 4 nitrogen and oxygen atoms in total. The zero-order chi connectivity index (χ0) is 12.9. The first-order valence-corrected chi connectivity index (χ1v) is 5.69. The zero-order valence-corrected chi connectivity index (χ0v) is 9.89. The fraction of sp³-hybridized carbons (Fsp3) is 0.900. The number of carbonyl (C=O) groups excluding carboxylic acids is 1. The van der Waals surface area contributed by atoms with Crippen LogP contribution in [0.4, 0.5) is 18.0 Å². The van der Waals surface area contributed by atoms with Crippen molar-refractivity contribution in [3.8, 4) is 0 Å². The van der Waals surface area contributed by atoms with Crippen LogP contribution in [0.15, 0.2) is 0 Å². The summed E-state index contributed by atoms with van der Waals surface area (Å²) < 4.78 is 36.7. The normalized spacial score (nSPS) is 17.8. The van der Waals surface area contributed by atoms with Crippen LogP contribution in [0.2, 0.25) is 0 Å². The number of urea groups is 1. The van der Waals surface area contributed by atoms with Crippen LogP contribution in [-0.4, -0.2) is 61.8 Å². The Morgan fingerprint density at radius 1 is 1.29 bits per heavy atom. The zero-order valence-electron chi connectivity index (χ0n) is 9.89. The molecule has 0 atom stereocenters. The lowest BCUT2D eigenvalue weighted by Gasteiger charge is -2.36. The maximum atomic E-state index is 12.2. The summed E-state index contributed by atoms with van der Waals surface area (Å²) in [5.74, 6) is 0. The highest BCUT2D eigenvalue weighted by Gasteiger charge is 2.35. The number of carbonyl (C=O) groups is 1. The standard InChI is InChI=1S/C10H18F3N3O/c1-14-4-2-5-15-6-3-7-16(9(15)17)8-10(11,12)13/h14H,2-8H2,1H3. The van der Waals surface area contributed by atoms with Gasteiger partial charge in [0.15, 0.2) is 0 Å². The van der Waals surface area contributed by atoms with E-state index in [0.29, 0.717) is 19.5 Å². The Bertz CT molecular complexity index is 258. The van der Waals surface area contributed by atoms with Gasteiger partial charge in [-0.15, -0.1) is 0 Å². The lowest BCUT2D eigenvalue weighted by molar-refractivity contribution is -0.142. The highest BCUT2D eigenvalue weighted by Crippen LogP contribution is 2.19. The van der Waals surface area contributed by atoms with Crippen LogP contribution in [0.5, 0.6) is 0 Å². The smallest absolute Gasteiger partial charge is 0.325 e. The SMILES string of the molecule is CNCCCN1CCCN(CC(F)(F)F)C1=O. The predicted octanol–water partition coefficient (Wildman–Crippen LogP) is 1.29. The van der Waals surface area contributed by atoms with Gasteiger partial charge in [0, 0.05) is 19.6 Å². The Morgan fingerprint density at radius 3 is 2.53 bits per heavy atom. The number of amides is 2. The van der Waals surface area contributed by atoms with Crippen molar-refractivity contribution in [2.24, 2.45) is 0 Å². The summed E-state index contributed by atoms with van der Waals surface area (Å²) in [5.41, 5.74) is 0. The van der Waals surface area contributed by atoms with Crippen molar-refractivity contribution in [2.45, 2.75) is 19.0 Å². The van der Waals surface area contributed by atoms with Crippen LogP contribution in [-0.2, 0) is 0 Å². The van der Waals surface area contributed by atoms with Gasteiger partial charge in [-0.25, -0.2) is 4.79 Å². The highest BCUT2D eigenvalue weighted by atomic mass is 19.4. The number of alkyl halides is 3. The van der Waals surface area contributed by atoms with E-state index in [4.69, 9.17) is 0 Å². The van der Waals surface area contributed by atoms with Gasteiger partial charge in [0.1, 0.15) is 6.54 Å². The minimum absolute atomic E-state index is 0.195. The van der Waals surface area contributed by atoms with Crippen molar-refractivity contribution >= 4 is 6.03 Å². The molecule has 17 heavy (non-hydrogen) atoms. The summed E-state index contributed by atoms with van der Waals surface area (Å²) in [4.78, 5) is 14.1. The van der Waals surface area contributed by atoms with Crippen molar-refractivity contribution in [3.63, 3.8) is 0 Å². The molecule has 0 aromatic carbocycles. The molecule has 100 valence electrons. The maximum absolute atomic E-state index is 12.2. The summed E-state index contributed by atoms with van der Waals surface area (Å²) in [6, 6.07) is -0.496. The Labute approximate surface area is 98.7 Å². The summed E-state index contributed by atoms with van der Waals surface area (Å²) in [6.45, 7) is 0.864. The molecular weight excluding hydrogens is 235 g/mol. The van der Waals surface area contributed by atoms with Gasteiger partial charge in [0.05, 0.1) is 0 Å². The summed E-state index contributed by atoms with van der Waals surface area (Å²) >= 11 is 0. The van der Waals surface area contributed by atoms with E-state index in [0.717, 1.165) is 17.9 Å². The summed E-state index contributed by atoms with van der Waals surface area (Å²) in [7, 11) is 1.80. The van der Waals surface area contributed by atoms with Gasteiger partial charge in [-0.3, -0.25) is 0 Å². The number of halogens is 3. The van der Waals surface area contributed by atoms with Crippen LogP contribution in [0, 0.1) is 0 Å². The van der Waals surface area contributed by atoms with Crippen LogP contribution in [0.1, 0.15) is 12.8 Å². The molecule has 1 aliphatic rings. The molecule has 0 aromatic heterocycles. The average molecular weight is 253 g/mol. The van der Waals surface area contributed by atoms with E-state index in [9.17, 15) is 18.0 Å². The van der Waals surface area contributed by atoms with Crippen molar-refractivity contribution in [2.75, 3.05) is 39.8 Å². The quantitative estimate of drug-likeness (QED) is 0.749. The number of nitrogens with zero attached hydrogens (tertiary/aromatic N) is 2. The van der Waals surface area contributed by atoms with E-state index < -0.39 is 18.8 Å². The van der Waals surface area contributed by atoms with Crippen LogP contribution >= 0.6 is 0 Å². The molecule has 1 aliphatic heterocycles.